The van der Waals surface area contributed by atoms with E-state index < -0.39 is 11.7 Å². The van der Waals surface area contributed by atoms with Crippen LogP contribution in [0.4, 0.5) is 18.3 Å². The summed E-state index contributed by atoms with van der Waals surface area (Å²) in [5.41, 5.74) is 0.669. The van der Waals surface area contributed by atoms with Crippen molar-refractivity contribution in [2.24, 2.45) is 0 Å². The first-order valence-corrected chi connectivity index (χ1v) is 9.46. The van der Waals surface area contributed by atoms with E-state index in [0.29, 0.717) is 33.4 Å². The Morgan fingerprint density at radius 1 is 1.13 bits per heavy atom. The van der Waals surface area contributed by atoms with Crippen LogP contribution in [-0.2, 0) is 11.0 Å². The molecule has 6 nitrogen and oxygen atoms in total. The highest BCUT2D eigenvalue weighted by molar-refractivity contribution is 7.22. The number of fused-ring (bicyclic) bond motifs is 1. The van der Waals surface area contributed by atoms with Crippen molar-refractivity contribution in [3.63, 3.8) is 0 Å². The summed E-state index contributed by atoms with van der Waals surface area (Å²) in [5.74, 6) is 0.573. The maximum absolute atomic E-state index is 12.8. The first-order chi connectivity index (χ1) is 14.3. The van der Waals surface area contributed by atoms with Crippen LogP contribution >= 0.6 is 11.3 Å². The lowest BCUT2D eigenvalue weighted by Gasteiger charge is -2.09. The fraction of sp³-hybridized carbons (Fsp3) is 0.100. The number of aromatic nitrogens is 3. The van der Waals surface area contributed by atoms with E-state index in [2.05, 4.69) is 20.5 Å². The summed E-state index contributed by atoms with van der Waals surface area (Å²) in [5, 5.41) is 10.9. The molecule has 152 valence electrons. The molecule has 30 heavy (non-hydrogen) atoms. The maximum atomic E-state index is 12.8. The molecule has 10 heteroatoms. The van der Waals surface area contributed by atoms with Crippen molar-refractivity contribution in [1.82, 2.24) is 15.2 Å². The second-order valence-corrected chi connectivity index (χ2v) is 7.29. The number of benzene rings is 2. The molecule has 0 aliphatic heterocycles. The normalized spacial score (nSPS) is 11.5. The zero-order valence-electron chi connectivity index (χ0n) is 15.4. The number of carbonyl (C=O) groups is 1. The van der Waals surface area contributed by atoms with Gasteiger partial charge in [-0.05, 0) is 24.3 Å². The Bertz CT molecular complexity index is 1220. The van der Waals surface area contributed by atoms with E-state index in [9.17, 15) is 18.0 Å². The lowest BCUT2D eigenvalue weighted by molar-refractivity contribution is -0.137. The van der Waals surface area contributed by atoms with E-state index >= 15 is 0 Å². The van der Waals surface area contributed by atoms with Crippen LogP contribution < -0.4 is 10.1 Å². The van der Waals surface area contributed by atoms with Gasteiger partial charge >= 0.3 is 6.18 Å². The van der Waals surface area contributed by atoms with Gasteiger partial charge in [-0.1, -0.05) is 29.5 Å². The molecule has 0 saturated heterocycles. The highest BCUT2D eigenvalue weighted by Crippen LogP contribution is 2.35. The van der Waals surface area contributed by atoms with Crippen LogP contribution in [0.5, 0.6) is 11.5 Å². The number of alkyl halides is 3. The molecule has 4 aromatic rings. The summed E-state index contributed by atoms with van der Waals surface area (Å²) in [4.78, 5) is 15.6. The summed E-state index contributed by atoms with van der Waals surface area (Å²) in [6.07, 6.45) is -3.01. The van der Waals surface area contributed by atoms with E-state index in [0.717, 1.165) is 16.8 Å². The molecule has 0 atom stereocenters. The van der Waals surface area contributed by atoms with Crippen LogP contribution in [0.1, 0.15) is 12.5 Å². The fourth-order valence-electron chi connectivity index (χ4n) is 2.71. The van der Waals surface area contributed by atoms with Gasteiger partial charge < -0.3 is 10.1 Å². The number of thiazole rings is 1. The molecule has 2 heterocycles. The standard InChI is InChI=1S/C20H13F3N4O2S/c1-11(28)25-19-26-18-16(3-2-4-17(18)30-19)29-14-9-15(27-24-10-14)12-5-7-13(8-6-12)20(21,22)23/h2-10H,1H3,(H,25,26,28). The number of ether oxygens (including phenoxy) is 1. The first-order valence-electron chi connectivity index (χ1n) is 8.65. The van der Waals surface area contributed by atoms with Gasteiger partial charge in [0.05, 0.1) is 22.2 Å². The molecule has 0 saturated carbocycles. The number of nitrogens with zero attached hydrogens (tertiary/aromatic N) is 3. The van der Waals surface area contributed by atoms with Gasteiger partial charge in [0.15, 0.2) is 10.9 Å². The van der Waals surface area contributed by atoms with Gasteiger partial charge in [-0.15, -0.1) is 0 Å². The third-order valence-corrected chi connectivity index (χ3v) is 4.97. The Morgan fingerprint density at radius 2 is 1.90 bits per heavy atom. The molecule has 0 bridgehead atoms. The van der Waals surface area contributed by atoms with Crippen LogP contribution in [0.2, 0.25) is 0 Å². The predicted molar refractivity (Wildman–Crippen MR) is 106 cm³/mol. The summed E-state index contributed by atoms with van der Waals surface area (Å²) < 4.78 is 45.0. The Kier molecular flexibility index (Phi) is 5.08. The molecular weight excluding hydrogens is 417 g/mol. The maximum Gasteiger partial charge on any atom is 0.416 e. The minimum absolute atomic E-state index is 0.226. The van der Waals surface area contributed by atoms with Crippen LogP contribution in [0.25, 0.3) is 21.5 Å². The predicted octanol–water partition coefficient (Wildman–Crippen LogP) is 5.52. The van der Waals surface area contributed by atoms with E-state index in [-0.39, 0.29) is 5.91 Å². The number of anilines is 1. The number of amides is 1. The molecule has 0 aliphatic carbocycles. The largest absolute Gasteiger partial charge is 0.453 e. The summed E-state index contributed by atoms with van der Waals surface area (Å²) in [7, 11) is 0. The third-order valence-electron chi connectivity index (χ3n) is 4.03. The summed E-state index contributed by atoms with van der Waals surface area (Å²) in [6.45, 7) is 1.40. The number of nitrogens with one attached hydrogen (secondary N) is 1. The van der Waals surface area contributed by atoms with E-state index in [1.165, 1.54) is 36.6 Å². The minimum Gasteiger partial charge on any atom is -0.453 e. The van der Waals surface area contributed by atoms with Gasteiger partial charge in [-0.3, -0.25) is 4.79 Å². The molecule has 0 fully saturated rings. The molecule has 0 aliphatic rings. The van der Waals surface area contributed by atoms with Crippen molar-refractivity contribution in [2.75, 3.05) is 5.32 Å². The number of hydrogen-bond donors (Lipinski definition) is 1. The van der Waals surface area contributed by atoms with E-state index in [1.54, 1.807) is 18.2 Å². The fourth-order valence-corrected chi connectivity index (χ4v) is 3.64. The van der Waals surface area contributed by atoms with Crippen LogP contribution in [0.15, 0.2) is 54.7 Å². The Morgan fingerprint density at radius 3 is 2.60 bits per heavy atom. The zero-order valence-corrected chi connectivity index (χ0v) is 16.2. The monoisotopic (exact) mass is 430 g/mol. The highest BCUT2D eigenvalue weighted by Gasteiger charge is 2.30. The third kappa shape index (κ3) is 4.23. The summed E-state index contributed by atoms with van der Waals surface area (Å²) >= 11 is 1.31. The van der Waals surface area contributed by atoms with Crippen LogP contribution in [0.3, 0.4) is 0 Å². The van der Waals surface area contributed by atoms with Crippen molar-refractivity contribution in [3.05, 3.63) is 60.3 Å². The first kappa shape index (κ1) is 19.8. The lowest BCUT2D eigenvalue weighted by atomic mass is 10.1. The zero-order chi connectivity index (χ0) is 21.3. The van der Waals surface area contributed by atoms with Crippen LogP contribution in [0, 0.1) is 0 Å². The number of hydrogen-bond acceptors (Lipinski definition) is 6. The average molecular weight is 430 g/mol. The number of carbonyl (C=O) groups excluding carboxylic acids is 1. The van der Waals surface area contributed by atoms with E-state index in [1.807, 2.05) is 6.07 Å². The van der Waals surface area contributed by atoms with Gasteiger partial charge in [-0.2, -0.15) is 23.4 Å². The minimum atomic E-state index is -4.41. The summed E-state index contributed by atoms with van der Waals surface area (Å²) in [6, 6.07) is 11.6. The smallest absolute Gasteiger partial charge is 0.416 e. The molecular formula is C20H13F3N4O2S. The highest BCUT2D eigenvalue weighted by atomic mass is 32.1. The molecule has 1 amide bonds. The molecule has 1 N–H and O–H groups in total. The molecule has 0 radical (unpaired) electrons. The molecule has 2 aromatic carbocycles. The number of rotatable bonds is 4. The second kappa shape index (κ2) is 7.71. The number of halogens is 3. The molecule has 0 spiro atoms. The van der Waals surface area contributed by atoms with Gasteiger partial charge in [0.25, 0.3) is 0 Å². The average Bonchev–Trinajstić information content (AvgIpc) is 3.10. The van der Waals surface area contributed by atoms with Crippen LogP contribution in [-0.4, -0.2) is 21.1 Å². The van der Waals surface area contributed by atoms with Gasteiger partial charge in [0.1, 0.15) is 11.3 Å². The Labute approximate surface area is 172 Å². The Balaban J connectivity index is 1.62. The van der Waals surface area contributed by atoms with E-state index in [4.69, 9.17) is 4.74 Å². The van der Waals surface area contributed by atoms with Crippen molar-refractivity contribution >= 4 is 32.6 Å². The van der Waals surface area contributed by atoms with Gasteiger partial charge in [0, 0.05) is 18.6 Å². The SMILES string of the molecule is CC(=O)Nc1nc2c(Oc3cnnc(-c4ccc(C(F)(F)F)cc4)c3)cccc2s1. The molecule has 2 aromatic heterocycles. The molecule has 0 unspecified atom stereocenters. The van der Waals surface area contributed by atoms with Crippen molar-refractivity contribution in [1.29, 1.82) is 0 Å². The Hall–Kier alpha value is -3.53. The van der Waals surface area contributed by atoms with Gasteiger partial charge in [0.2, 0.25) is 5.91 Å². The number of para-hydroxylation sites is 1. The second-order valence-electron chi connectivity index (χ2n) is 6.26. The van der Waals surface area contributed by atoms with Crippen molar-refractivity contribution < 1.29 is 22.7 Å². The van der Waals surface area contributed by atoms with Crippen molar-refractivity contribution in [2.45, 2.75) is 13.1 Å². The van der Waals surface area contributed by atoms with Crippen molar-refractivity contribution in [3.8, 4) is 22.8 Å². The molecule has 4 rings (SSSR count). The lowest BCUT2D eigenvalue weighted by Crippen LogP contribution is -2.04. The topological polar surface area (TPSA) is 77.0 Å². The quantitative estimate of drug-likeness (QED) is 0.461. The van der Waals surface area contributed by atoms with Gasteiger partial charge in [-0.25, -0.2) is 4.98 Å².